The Morgan fingerprint density at radius 1 is 0.844 bits per heavy atom. The Bertz CT molecular complexity index is 1550. The minimum atomic E-state index is -4.57. The number of fused-ring (bicyclic) bond motifs is 1. The average molecular weight is 622 g/mol. The Morgan fingerprint density at radius 2 is 1.56 bits per heavy atom. The molecule has 2 aliphatic carbocycles. The summed E-state index contributed by atoms with van der Waals surface area (Å²) in [7, 11) is 0. The van der Waals surface area contributed by atoms with Gasteiger partial charge in [0, 0.05) is 23.5 Å². The van der Waals surface area contributed by atoms with Gasteiger partial charge in [-0.3, -0.25) is 9.59 Å². The number of anilines is 2. The van der Waals surface area contributed by atoms with E-state index in [0.29, 0.717) is 18.0 Å². The van der Waals surface area contributed by atoms with Crippen LogP contribution in [0.1, 0.15) is 90.0 Å². The molecule has 4 atom stereocenters. The summed E-state index contributed by atoms with van der Waals surface area (Å²) in [5.41, 5.74) is 1.48. The lowest BCUT2D eigenvalue weighted by molar-refractivity contribution is -0.138. The fraction of sp³-hybridized carbons (Fsp3) is 0.444. The fourth-order valence-corrected chi connectivity index (χ4v) is 7.79. The zero-order chi connectivity index (χ0) is 31.9. The molecule has 0 bridgehead atoms. The van der Waals surface area contributed by atoms with Crippen molar-refractivity contribution >= 4 is 23.2 Å². The van der Waals surface area contributed by atoms with Crippen LogP contribution in [0.15, 0.2) is 60.7 Å². The highest BCUT2D eigenvalue weighted by molar-refractivity contribution is 5.98. The van der Waals surface area contributed by atoms with Gasteiger partial charge in [0.05, 0.1) is 23.1 Å². The Kier molecular flexibility index (Phi) is 8.63. The summed E-state index contributed by atoms with van der Waals surface area (Å²) in [6.07, 6.45) is 2.92. The summed E-state index contributed by atoms with van der Waals surface area (Å²) in [4.78, 5) is 30.2. The highest BCUT2D eigenvalue weighted by Crippen LogP contribution is 2.49. The topological polar surface area (TPSA) is 61.4 Å². The largest absolute Gasteiger partial charge is 0.416 e. The lowest BCUT2D eigenvalue weighted by atomic mass is 9.76. The van der Waals surface area contributed by atoms with Crippen molar-refractivity contribution in [3.63, 3.8) is 0 Å². The lowest BCUT2D eigenvalue weighted by Crippen LogP contribution is -2.54. The summed E-state index contributed by atoms with van der Waals surface area (Å²) in [5, 5.41) is 6.32. The number of alkyl halides is 3. The molecule has 6 rings (SSSR count). The van der Waals surface area contributed by atoms with Crippen LogP contribution in [0.4, 0.5) is 28.9 Å². The number of carbonyl (C=O) groups excluding carboxylic acids is 2. The van der Waals surface area contributed by atoms with E-state index in [4.69, 9.17) is 0 Å². The number of carbonyl (C=O) groups is 2. The van der Waals surface area contributed by atoms with Gasteiger partial charge in [0.25, 0.3) is 5.91 Å². The number of nitrogens with zero attached hydrogens (tertiary/aromatic N) is 1. The maximum absolute atomic E-state index is 15.3. The van der Waals surface area contributed by atoms with Gasteiger partial charge in [-0.2, -0.15) is 13.2 Å². The second-order valence-electron chi connectivity index (χ2n) is 13.0. The highest BCUT2D eigenvalue weighted by Gasteiger charge is 2.50. The van der Waals surface area contributed by atoms with Crippen LogP contribution in [-0.2, 0) is 11.0 Å². The molecule has 1 saturated heterocycles. The Morgan fingerprint density at radius 3 is 2.24 bits per heavy atom. The summed E-state index contributed by atoms with van der Waals surface area (Å²) in [6.45, 7) is 3.08. The number of hydrogen-bond donors (Lipinski definition) is 2. The third-order valence-corrected chi connectivity index (χ3v) is 10.0. The van der Waals surface area contributed by atoms with Crippen LogP contribution in [0.3, 0.4) is 0 Å². The van der Waals surface area contributed by atoms with Crippen LogP contribution in [0.2, 0.25) is 0 Å². The zero-order valence-electron chi connectivity index (χ0n) is 25.6. The molecule has 1 aliphatic heterocycles. The van der Waals surface area contributed by atoms with E-state index in [1.807, 2.05) is 24.3 Å². The standard InChI is InChI=1S/C36H39F4N3O2/c1-21-13-16-27(20-29(21)36(38,39)40)42-34(44)28-19-24-8-6-12-31(24)43(35(45)32-22(2)7-5-11-30(32)37)33(28)23-14-17-26(18-15-23)41-25-9-3-4-10-25/h5,7,11,13-18,20,24-25,28,31,33,41H,3-4,6,8-10,12,19H2,1-2H3,(H,42,44)/t24-,28+,31-,33+/m1/s1. The van der Waals surface area contributed by atoms with Crippen molar-refractivity contribution in [2.75, 3.05) is 10.6 Å². The first-order valence-corrected chi connectivity index (χ1v) is 15.9. The molecule has 2 amide bonds. The first kappa shape index (κ1) is 31.1. The maximum Gasteiger partial charge on any atom is 0.416 e. The summed E-state index contributed by atoms with van der Waals surface area (Å²) in [5.74, 6) is -2.29. The van der Waals surface area contributed by atoms with E-state index in [2.05, 4.69) is 10.6 Å². The van der Waals surface area contributed by atoms with Crippen LogP contribution >= 0.6 is 0 Å². The molecular weight excluding hydrogens is 582 g/mol. The second kappa shape index (κ2) is 12.5. The molecule has 0 spiro atoms. The number of benzene rings is 3. The van der Waals surface area contributed by atoms with E-state index in [-0.39, 0.29) is 28.8 Å². The van der Waals surface area contributed by atoms with Gasteiger partial charge in [-0.15, -0.1) is 0 Å². The van der Waals surface area contributed by atoms with Crippen LogP contribution in [0, 0.1) is 31.5 Å². The van der Waals surface area contributed by atoms with Crippen LogP contribution in [-0.4, -0.2) is 28.8 Å². The van der Waals surface area contributed by atoms with Crippen molar-refractivity contribution in [3.05, 3.63) is 94.3 Å². The molecular formula is C36H39F4N3O2. The molecule has 2 saturated carbocycles. The Balaban J connectivity index is 1.39. The molecule has 3 aliphatic rings. The van der Waals surface area contributed by atoms with E-state index in [1.165, 1.54) is 38.0 Å². The Labute approximate surface area is 261 Å². The molecule has 3 aromatic rings. The number of rotatable bonds is 6. The molecule has 2 N–H and O–H groups in total. The lowest BCUT2D eigenvalue weighted by Gasteiger charge is -2.48. The van der Waals surface area contributed by atoms with Crippen LogP contribution in [0.25, 0.3) is 0 Å². The first-order chi connectivity index (χ1) is 21.5. The molecule has 0 unspecified atom stereocenters. The van der Waals surface area contributed by atoms with Crippen molar-refractivity contribution in [3.8, 4) is 0 Å². The molecule has 5 nitrogen and oxygen atoms in total. The van der Waals surface area contributed by atoms with Crippen molar-refractivity contribution in [2.24, 2.45) is 11.8 Å². The van der Waals surface area contributed by atoms with E-state index in [1.54, 1.807) is 24.0 Å². The first-order valence-electron chi connectivity index (χ1n) is 15.9. The van der Waals surface area contributed by atoms with E-state index in [0.717, 1.165) is 49.4 Å². The second-order valence-corrected chi connectivity index (χ2v) is 13.0. The summed E-state index contributed by atoms with van der Waals surface area (Å²) >= 11 is 0. The minimum absolute atomic E-state index is 0.0120. The number of halogens is 4. The zero-order valence-corrected chi connectivity index (χ0v) is 25.6. The number of aryl methyl sites for hydroxylation is 2. The Hall–Kier alpha value is -3.88. The van der Waals surface area contributed by atoms with Crippen molar-refractivity contribution < 1.29 is 27.2 Å². The van der Waals surface area contributed by atoms with Gasteiger partial charge in [0.2, 0.25) is 5.91 Å². The molecule has 45 heavy (non-hydrogen) atoms. The molecule has 3 aromatic carbocycles. The van der Waals surface area contributed by atoms with Gasteiger partial charge < -0.3 is 15.5 Å². The predicted molar refractivity (Wildman–Crippen MR) is 166 cm³/mol. The molecule has 3 fully saturated rings. The van der Waals surface area contributed by atoms with Gasteiger partial charge in [-0.05, 0) is 98.9 Å². The van der Waals surface area contributed by atoms with Gasteiger partial charge in [0.1, 0.15) is 5.82 Å². The number of piperidine rings is 1. The number of nitrogens with one attached hydrogen (secondary N) is 2. The fourth-order valence-electron chi connectivity index (χ4n) is 7.79. The third-order valence-electron chi connectivity index (χ3n) is 10.0. The maximum atomic E-state index is 15.3. The quantitative estimate of drug-likeness (QED) is 0.271. The minimum Gasteiger partial charge on any atom is -0.382 e. The smallest absolute Gasteiger partial charge is 0.382 e. The third kappa shape index (κ3) is 6.31. The number of hydrogen-bond acceptors (Lipinski definition) is 3. The predicted octanol–water partition coefficient (Wildman–Crippen LogP) is 8.83. The van der Waals surface area contributed by atoms with Crippen molar-refractivity contribution in [1.29, 1.82) is 0 Å². The van der Waals surface area contributed by atoms with Crippen molar-refractivity contribution in [2.45, 2.75) is 89.5 Å². The SMILES string of the molecule is Cc1ccc(NC(=O)[C@H]2C[C@H]3CCC[C@H]3N(C(=O)c3c(C)cccc3F)[C@H]2c2ccc(NC3CCCC3)cc2)cc1C(F)(F)F. The van der Waals surface area contributed by atoms with E-state index in [9.17, 15) is 22.8 Å². The molecule has 0 aromatic heterocycles. The monoisotopic (exact) mass is 621 g/mol. The molecule has 238 valence electrons. The van der Waals surface area contributed by atoms with Crippen LogP contribution < -0.4 is 10.6 Å². The van der Waals surface area contributed by atoms with Gasteiger partial charge in [-0.1, -0.05) is 49.6 Å². The van der Waals surface area contributed by atoms with E-state index >= 15 is 4.39 Å². The van der Waals surface area contributed by atoms with Gasteiger partial charge in [-0.25, -0.2) is 4.39 Å². The van der Waals surface area contributed by atoms with Crippen molar-refractivity contribution in [1.82, 2.24) is 4.90 Å². The molecule has 1 heterocycles. The average Bonchev–Trinajstić information content (AvgIpc) is 3.69. The summed E-state index contributed by atoms with van der Waals surface area (Å²) < 4.78 is 56.3. The molecule has 9 heteroatoms. The van der Waals surface area contributed by atoms with Gasteiger partial charge in [0.15, 0.2) is 0 Å². The van der Waals surface area contributed by atoms with Gasteiger partial charge >= 0.3 is 6.18 Å². The normalized spacial score (nSPS) is 23.6. The highest BCUT2D eigenvalue weighted by atomic mass is 19.4. The van der Waals surface area contributed by atoms with E-state index < -0.39 is 41.3 Å². The number of likely N-dealkylation sites (tertiary alicyclic amines) is 1. The summed E-state index contributed by atoms with van der Waals surface area (Å²) in [6, 6.07) is 15.5. The molecule has 0 radical (unpaired) electrons. The van der Waals surface area contributed by atoms with Crippen LogP contribution in [0.5, 0.6) is 0 Å². The number of amides is 2.